The van der Waals surface area contributed by atoms with Crippen LogP contribution in [0, 0.1) is 0 Å². The van der Waals surface area contributed by atoms with Crippen molar-refractivity contribution in [3.8, 4) is 0 Å². The first-order valence-corrected chi connectivity index (χ1v) is 11.3. The Balaban J connectivity index is 3.40. The maximum absolute atomic E-state index is 12.8. The highest BCUT2D eigenvalue weighted by molar-refractivity contribution is 7.94. The predicted octanol–water partition coefficient (Wildman–Crippen LogP) is 3.67. The molecule has 0 fully saturated rings. The molecule has 0 aromatic heterocycles. The molecule has 0 radical (unpaired) electrons. The first kappa shape index (κ1) is 15.2. The van der Waals surface area contributed by atoms with Crippen LogP contribution < -0.4 is 0 Å². The van der Waals surface area contributed by atoms with Crippen LogP contribution in [0.5, 0.6) is 0 Å². The third kappa shape index (κ3) is 3.12. The van der Waals surface area contributed by atoms with Crippen LogP contribution in [0.25, 0.3) is 0 Å². The molecule has 18 heavy (non-hydrogen) atoms. The number of hydrogen-bond donors (Lipinski definition) is 0. The molecule has 100 valence electrons. The molecule has 0 aliphatic heterocycles. The standard InChI is InChI=1S/C14H22O2SSi/c1-6-12(2)14(18(3,4)5)17(15,16)13-10-8-7-9-11-13/h6-11,14H,1-5H3/b12-6+. The van der Waals surface area contributed by atoms with Gasteiger partial charge in [0.15, 0.2) is 9.84 Å². The molecule has 0 bridgehead atoms. The highest BCUT2D eigenvalue weighted by Crippen LogP contribution is 2.28. The molecule has 0 saturated heterocycles. The molecule has 0 saturated carbocycles. The molecule has 1 rings (SSSR count). The first-order valence-electron chi connectivity index (χ1n) is 6.13. The van der Waals surface area contributed by atoms with Gasteiger partial charge in [-0.15, -0.1) is 0 Å². The molecule has 2 nitrogen and oxygen atoms in total. The van der Waals surface area contributed by atoms with Crippen molar-refractivity contribution < 1.29 is 8.42 Å². The number of rotatable bonds is 4. The third-order valence-electron chi connectivity index (χ3n) is 3.04. The van der Waals surface area contributed by atoms with Crippen LogP contribution in [0.3, 0.4) is 0 Å². The molecule has 0 heterocycles. The van der Waals surface area contributed by atoms with Crippen molar-refractivity contribution in [2.45, 2.75) is 43.3 Å². The summed E-state index contributed by atoms with van der Waals surface area (Å²) >= 11 is 0. The lowest BCUT2D eigenvalue weighted by molar-refractivity contribution is 0.594. The zero-order valence-electron chi connectivity index (χ0n) is 11.8. The van der Waals surface area contributed by atoms with E-state index >= 15 is 0 Å². The van der Waals surface area contributed by atoms with Crippen LogP contribution in [0.15, 0.2) is 46.9 Å². The summed E-state index contributed by atoms with van der Waals surface area (Å²) in [4.78, 5) is 0.0797. The molecule has 0 aliphatic carbocycles. The third-order valence-corrected chi connectivity index (χ3v) is 10.0. The molecule has 1 unspecified atom stereocenters. The quantitative estimate of drug-likeness (QED) is 0.623. The smallest absolute Gasteiger partial charge is 0.182 e. The summed E-state index contributed by atoms with van der Waals surface area (Å²) in [6.07, 6.45) is 1.92. The van der Waals surface area contributed by atoms with Gasteiger partial charge in [0.05, 0.1) is 17.8 Å². The second-order valence-corrected chi connectivity index (χ2v) is 13.4. The van der Waals surface area contributed by atoms with Gasteiger partial charge in [-0.3, -0.25) is 0 Å². The Morgan fingerprint density at radius 2 is 1.67 bits per heavy atom. The molecule has 1 aromatic rings. The van der Waals surface area contributed by atoms with E-state index < -0.39 is 17.9 Å². The summed E-state index contributed by atoms with van der Waals surface area (Å²) in [6.45, 7) is 10.1. The second-order valence-electron chi connectivity index (χ2n) is 5.64. The van der Waals surface area contributed by atoms with Crippen molar-refractivity contribution in [2.75, 3.05) is 0 Å². The van der Waals surface area contributed by atoms with Crippen molar-refractivity contribution in [1.82, 2.24) is 0 Å². The zero-order valence-corrected chi connectivity index (χ0v) is 13.6. The van der Waals surface area contributed by atoms with Crippen molar-refractivity contribution in [1.29, 1.82) is 0 Å². The van der Waals surface area contributed by atoms with Gasteiger partial charge in [-0.1, -0.05) is 49.5 Å². The summed E-state index contributed by atoms with van der Waals surface area (Å²) in [5, 5.41) is 0. The maximum Gasteiger partial charge on any atom is 0.182 e. The number of sulfone groups is 1. The number of benzene rings is 1. The molecule has 0 aliphatic rings. The Morgan fingerprint density at radius 3 is 2.06 bits per heavy atom. The van der Waals surface area contributed by atoms with Crippen LogP contribution >= 0.6 is 0 Å². The van der Waals surface area contributed by atoms with E-state index in [1.807, 2.05) is 26.0 Å². The van der Waals surface area contributed by atoms with E-state index in [4.69, 9.17) is 0 Å². The highest BCUT2D eigenvalue weighted by atomic mass is 32.2. The first-order chi connectivity index (χ1) is 8.21. The monoisotopic (exact) mass is 282 g/mol. The SMILES string of the molecule is C/C=C(\C)C([Si](C)(C)C)S(=O)(=O)c1ccccc1. The van der Waals surface area contributed by atoms with Gasteiger partial charge in [0.1, 0.15) is 0 Å². The van der Waals surface area contributed by atoms with Crippen molar-refractivity contribution in [3.63, 3.8) is 0 Å². The summed E-state index contributed by atoms with van der Waals surface area (Å²) in [5.41, 5.74) is 0.956. The minimum absolute atomic E-state index is 0.350. The summed E-state index contributed by atoms with van der Waals surface area (Å²) < 4.78 is 25.5. The Kier molecular flexibility index (Phi) is 4.56. The van der Waals surface area contributed by atoms with Crippen LogP contribution in [-0.2, 0) is 9.84 Å². The average molecular weight is 282 g/mol. The Bertz CT molecular complexity index is 525. The van der Waals surface area contributed by atoms with Crippen molar-refractivity contribution in [2.24, 2.45) is 0 Å². The lowest BCUT2D eigenvalue weighted by Crippen LogP contribution is -2.45. The normalized spacial score (nSPS) is 15.5. The fraction of sp³-hybridized carbons (Fsp3) is 0.429. The fourth-order valence-corrected chi connectivity index (χ4v) is 9.39. The minimum atomic E-state index is -3.28. The van der Waals surface area contributed by atoms with Gasteiger partial charge in [-0.05, 0) is 26.0 Å². The van der Waals surface area contributed by atoms with Gasteiger partial charge in [-0.2, -0.15) is 0 Å². The molecule has 0 amide bonds. The zero-order chi connectivity index (χ0) is 14.0. The van der Waals surface area contributed by atoms with E-state index in [1.54, 1.807) is 24.3 Å². The van der Waals surface area contributed by atoms with Gasteiger partial charge in [-0.25, -0.2) is 8.42 Å². The number of hydrogen-bond acceptors (Lipinski definition) is 2. The topological polar surface area (TPSA) is 34.1 Å². The molecular weight excluding hydrogens is 260 g/mol. The summed E-state index contributed by atoms with van der Waals surface area (Å²) in [7, 11) is -5.12. The summed E-state index contributed by atoms with van der Waals surface area (Å²) in [5.74, 6) is 0. The van der Waals surface area contributed by atoms with E-state index in [0.29, 0.717) is 4.90 Å². The van der Waals surface area contributed by atoms with Gasteiger partial charge < -0.3 is 0 Å². The van der Waals surface area contributed by atoms with E-state index in [-0.39, 0.29) is 4.87 Å². The van der Waals surface area contributed by atoms with Crippen LogP contribution in [0.4, 0.5) is 0 Å². The average Bonchev–Trinajstić information content (AvgIpc) is 2.28. The molecule has 1 aromatic carbocycles. The van der Waals surface area contributed by atoms with E-state index in [9.17, 15) is 8.42 Å². The molecule has 1 atom stereocenters. The van der Waals surface area contributed by atoms with Crippen LogP contribution in [0.2, 0.25) is 19.6 Å². The molecular formula is C14H22O2SSi. The molecule has 0 N–H and O–H groups in total. The number of allylic oxidation sites excluding steroid dienone is 1. The van der Waals surface area contributed by atoms with Gasteiger partial charge >= 0.3 is 0 Å². The molecule has 0 spiro atoms. The van der Waals surface area contributed by atoms with Gasteiger partial charge in [0, 0.05) is 0 Å². The molecule has 4 heteroatoms. The Hall–Kier alpha value is -0.873. The van der Waals surface area contributed by atoms with Gasteiger partial charge in [0.25, 0.3) is 0 Å². The largest absolute Gasteiger partial charge is 0.223 e. The van der Waals surface area contributed by atoms with Crippen LogP contribution in [-0.4, -0.2) is 21.4 Å². The summed E-state index contributed by atoms with van der Waals surface area (Å²) in [6, 6.07) is 8.76. The highest BCUT2D eigenvalue weighted by Gasteiger charge is 2.39. The van der Waals surface area contributed by atoms with E-state index in [2.05, 4.69) is 19.6 Å². The lowest BCUT2D eigenvalue weighted by atomic mass is 10.3. The van der Waals surface area contributed by atoms with Gasteiger partial charge in [0.2, 0.25) is 0 Å². The maximum atomic E-state index is 12.8. The fourth-order valence-electron chi connectivity index (χ4n) is 2.29. The van der Waals surface area contributed by atoms with Crippen molar-refractivity contribution >= 4 is 17.9 Å². The van der Waals surface area contributed by atoms with Crippen molar-refractivity contribution in [3.05, 3.63) is 42.0 Å². The Labute approximate surface area is 112 Å². The lowest BCUT2D eigenvalue weighted by Gasteiger charge is -2.29. The van der Waals surface area contributed by atoms with Crippen LogP contribution in [0.1, 0.15) is 13.8 Å². The Morgan fingerprint density at radius 1 is 1.17 bits per heavy atom. The predicted molar refractivity (Wildman–Crippen MR) is 80.2 cm³/mol. The minimum Gasteiger partial charge on any atom is -0.223 e. The second kappa shape index (κ2) is 5.41. The van der Waals surface area contributed by atoms with E-state index in [0.717, 1.165) is 5.57 Å². The van der Waals surface area contributed by atoms with E-state index in [1.165, 1.54) is 0 Å².